The fourth-order valence-electron chi connectivity index (χ4n) is 3.44. The van der Waals surface area contributed by atoms with Gasteiger partial charge in [0.15, 0.2) is 0 Å². The summed E-state index contributed by atoms with van der Waals surface area (Å²) in [5, 5.41) is 5.89. The number of benzene rings is 2. The van der Waals surface area contributed by atoms with E-state index in [0.29, 0.717) is 10.6 Å². The lowest BCUT2D eigenvalue weighted by Gasteiger charge is -2.23. The Hall–Kier alpha value is -2.86. The minimum atomic E-state index is -1.31. The van der Waals surface area contributed by atoms with Gasteiger partial charge in [-0.3, -0.25) is 14.5 Å². The molecule has 0 aliphatic carbocycles. The maximum Gasteiger partial charge on any atom is 0.325 e. The first-order valence-corrected chi connectivity index (χ1v) is 9.77. The zero-order valence-electron chi connectivity index (χ0n) is 16.9. The number of carbonyl (C=O) groups is 3. The summed E-state index contributed by atoms with van der Waals surface area (Å²) in [5.74, 6) is -0.924. The summed E-state index contributed by atoms with van der Waals surface area (Å²) in [6.07, 6.45) is 0. The quantitative estimate of drug-likeness (QED) is 0.735. The van der Waals surface area contributed by atoms with Gasteiger partial charge in [-0.1, -0.05) is 48.0 Å². The first-order chi connectivity index (χ1) is 13.6. The van der Waals surface area contributed by atoms with Crippen molar-refractivity contribution in [2.75, 3.05) is 6.54 Å². The monoisotopic (exact) mass is 413 g/mol. The second-order valence-electron chi connectivity index (χ2n) is 7.56. The van der Waals surface area contributed by atoms with Crippen LogP contribution in [0, 0.1) is 13.8 Å². The van der Waals surface area contributed by atoms with E-state index in [0.717, 1.165) is 16.0 Å². The molecular formula is C22H24ClN3O3. The molecule has 0 aromatic heterocycles. The molecule has 0 saturated carbocycles. The summed E-state index contributed by atoms with van der Waals surface area (Å²) in [6, 6.07) is 11.9. The third-order valence-corrected chi connectivity index (χ3v) is 5.73. The second-order valence-corrected chi connectivity index (χ2v) is 7.97. The summed E-state index contributed by atoms with van der Waals surface area (Å²) in [4.78, 5) is 38.8. The number of rotatable bonds is 5. The van der Waals surface area contributed by atoms with Gasteiger partial charge < -0.3 is 10.6 Å². The fourth-order valence-corrected chi connectivity index (χ4v) is 3.76. The first kappa shape index (κ1) is 20.9. The molecule has 4 amide bonds. The van der Waals surface area contributed by atoms with E-state index in [1.54, 1.807) is 31.2 Å². The molecule has 1 heterocycles. The molecule has 6 nitrogen and oxygen atoms in total. The van der Waals surface area contributed by atoms with Gasteiger partial charge in [0.2, 0.25) is 5.91 Å². The minimum absolute atomic E-state index is 0.252. The van der Waals surface area contributed by atoms with E-state index in [-0.39, 0.29) is 12.6 Å². The highest BCUT2D eigenvalue weighted by molar-refractivity contribution is 6.32. The molecule has 0 unspecified atom stereocenters. The number of imide groups is 1. The zero-order chi connectivity index (χ0) is 21.3. The third kappa shape index (κ3) is 3.98. The molecule has 2 aromatic rings. The smallest absolute Gasteiger partial charge is 0.325 e. The Bertz CT molecular complexity index is 991. The van der Waals surface area contributed by atoms with Crippen LogP contribution in [-0.4, -0.2) is 29.3 Å². The molecule has 29 heavy (non-hydrogen) atoms. The highest BCUT2D eigenvalue weighted by Crippen LogP contribution is 2.33. The number of nitrogens with zero attached hydrogens (tertiary/aromatic N) is 1. The summed E-state index contributed by atoms with van der Waals surface area (Å²) in [6.45, 7) is 7.12. The molecule has 0 radical (unpaired) electrons. The van der Waals surface area contributed by atoms with Crippen LogP contribution in [0.25, 0.3) is 0 Å². The predicted molar refractivity (Wildman–Crippen MR) is 112 cm³/mol. The highest BCUT2D eigenvalue weighted by Gasteiger charge is 2.50. The van der Waals surface area contributed by atoms with E-state index in [4.69, 9.17) is 11.6 Å². The molecule has 1 aliphatic rings. The van der Waals surface area contributed by atoms with Crippen LogP contribution in [0.15, 0.2) is 42.5 Å². The van der Waals surface area contributed by atoms with Crippen LogP contribution in [-0.2, 0) is 15.1 Å². The number of carbonyl (C=O) groups excluding carboxylic acids is 3. The normalized spacial score (nSPS) is 19.8. The van der Waals surface area contributed by atoms with Gasteiger partial charge >= 0.3 is 6.03 Å². The molecule has 0 bridgehead atoms. The Balaban J connectivity index is 1.72. The van der Waals surface area contributed by atoms with Crippen LogP contribution in [0.2, 0.25) is 5.02 Å². The predicted octanol–water partition coefficient (Wildman–Crippen LogP) is 3.60. The Morgan fingerprint density at radius 2 is 1.86 bits per heavy atom. The topological polar surface area (TPSA) is 78.5 Å². The lowest BCUT2D eigenvalue weighted by molar-refractivity contribution is -0.135. The SMILES string of the molecule is Cc1ccc([C@@H](C)NC(=O)CN2C(=O)N[C@@](C)(c3ccccc3Cl)C2=O)cc1C. The van der Waals surface area contributed by atoms with E-state index < -0.39 is 23.4 Å². The summed E-state index contributed by atoms with van der Waals surface area (Å²) in [7, 11) is 0. The van der Waals surface area contributed by atoms with Gasteiger partial charge in [0.25, 0.3) is 5.91 Å². The first-order valence-electron chi connectivity index (χ1n) is 9.39. The van der Waals surface area contributed by atoms with E-state index in [2.05, 4.69) is 10.6 Å². The Labute approximate surface area is 175 Å². The summed E-state index contributed by atoms with van der Waals surface area (Å²) in [5.41, 5.74) is 2.44. The Morgan fingerprint density at radius 1 is 1.17 bits per heavy atom. The number of hydrogen-bond acceptors (Lipinski definition) is 3. The van der Waals surface area contributed by atoms with Crippen molar-refractivity contribution in [3.8, 4) is 0 Å². The third-order valence-electron chi connectivity index (χ3n) is 5.40. The van der Waals surface area contributed by atoms with Crippen molar-refractivity contribution >= 4 is 29.4 Å². The van der Waals surface area contributed by atoms with Crippen LogP contribution in [0.3, 0.4) is 0 Å². The Kier molecular flexibility index (Phi) is 5.66. The van der Waals surface area contributed by atoms with Crippen molar-refractivity contribution in [2.45, 2.75) is 39.3 Å². The van der Waals surface area contributed by atoms with E-state index >= 15 is 0 Å². The molecule has 3 rings (SSSR count). The van der Waals surface area contributed by atoms with Crippen LogP contribution >= 0.6 is 11.6 Å². The van der Waals surface area contributed by atoms with Crippen LogP contribution in [0.1, 0.15) is 42.1 Å². The van der Waals surface area contributed by atoms with E-state index in [9.17, 15) is 14.4 Å². The molecule has 7 heteroatoms. The molecular weight excluding hydrogens is 390 g/mol. The van der Waals surface area contributed by atoms with Gasteiger partial charge in [-0.25, -0.2) is 4.79 Å². The van der Waals surface area contributed by atoms with Gasteiger partial charge in [-0.2, -0.15) is 0 Å². The van der Waals surface area contributed by atoms with Crippen molar-refractivity contribution in [3.05, 3.63) is 69.7 Å². The van der Waals surface area contributed by atoms with Gasteiger partial charge in [0.05, 0.1) is 6.04 Å². The van der Waals surface area contributed by atoms with Crippen molar-refractivity contribution in [1.29, 1.82) is 0 Å². The van der Waals surface area contributed by atoms with Gasteiger partial charge in [0, 0.05) is 10.6 Å². The molecule has 152 valence electrons. The van der Waals surface area contributed by atoms with Crippen LogP contribution in [0.4, 0.5) is 4.79 Å². The average molecular weight is 414 g/mol. The lowest BCUT2D eigenvalue weighted by Crippen LogP contribution is -2.43. The minimum Gasteiger partial charge on any atom is -0.348 e. The number of urea groups is 1. The standard InChI is InChI=1S/C22H24ClN3O3/c1-13-9-10-16(11-14(13)2)15(3)24-19(27)12-26-20(28)22(4,25-21(26)29)17-7-5-6-8-18(17)23/h5-11,15H,12H2,1-4H3,(H,24,27)(H,25,29)/t15-,22+/m1/s1. The van der Waals surface area contributed by atoms with Gasteiger partial charge in [-0.05, 0) is 50.5 Å². The van der Waals surface area contributed by atoms with Crippen molar-refractivity contribution in [2.24, 2.45) is 0 Å². The number of aryl methyl sites for hydroxylation is 2. The second kappa shape index (κ2) is 7.87. The number of halogens is 1. The van der Waals surface area contributed by atoms with Gasteiger partial charge in [-0.15, -0.1) is 0 Å². The summed E-state index contributed by atoms with van der Waals surface area (Å²) < 4.78 is 0. The number of nitrogens with one attached hydrogen (secondary N) is 2. The molecule has 2 N–H and O–H groups in total. The zero-order valence-corrected chi connectivity index (χ0v) is 17.6. The lowest BCUT2D eigenvalue weighted by atomic mass is 9.92. The maximum atomic E-state index is 13.0. The maximum absolute atomic E-state index is 13.0. The van der Waals surface area contributed by atoms with Gasteiger partial charge in [0.1, 0.15) is 12.1 Å². The number of hydrogen-bond donors (Lipinski definition) is 2. The Morgan fingerprint density at radius 3 is 2.52 bits per heavy atom. The molecule has 0 spiro atoms. The molecule has 1 saturated heterocycles. The van der Waals surface area contributed by atoms with E-state index in [1.165, 1.54) is 5.56 Å². The van der Waals surface area contributed by atoms with Crippen molar-refractivity contribution < 1.29 is 14.4 Å². The fraction of sp³-hybridized carbons (Fsp3) is 0.318. The van der Waals surface area contributed by atoms with Crippen LogP contribution < -0.4 is 10.6 Å². The molecule has 1 aliphatic heterocycles. The van der Waals surface area contributed by atoms with Crippen molar-refractivity contribution in [1.82, 2.24) is 15.5 Å². The average Bonchev–Trinajstić information content (AvgIpc) is 2.88. The van der Waals surface area contributed by atoms with E-state index in [1.807, 2.05) is 39.0 Å². The van der Waals surface area contributed by atoms with Crippen molar-refractivity contribution in [3.63, 3.8) is 0 Å². The molecule has 1 fully saturated rings. The van der Waals surface area contributed by atoms with Crippen LogP contribution in [0.5, 0.6) is 0 Å². The molecule has 2 aromatic carbocycles. The largest absolute Gasteiger partial charge is 0.348 e. The highest BCUT2D eigenvalue weighted by atomic mass is 35.5. The number of amides is 4. The molecule has 2 atom stereocenters. The summed E-state index contributed by atoms with van der Waals surface area (Å²) >= 11 is 6.22.